The zero-order valence-electron chi connectivity index (χ0n) is 10.7. The van der Waals surface area contributed by atoms with Gasteiger partial charge in [-0.2, -0.15) is 0 Å². The summed E-state index contributed by atoms with van der Waals surface area (Å²) in [5.74, 6) is 1.91. The van der Waals surface area contributed by atoms with Gasteiger partial charge in [0.15, 0.2) is 0 Å². The van der Waals surface area contributed by atoms with Crippen LogP contribution >= 0.6 is 15.9 Å². The average molecular weight is 297 g/mol. The van der Waals surface area contributed by atoms with Crippen molar-refractivity contribution in [2.45, 2.75) is 51.0 Å². The molecule has 2 heteroatoms. The summed E-state index contributed by atoms with van der Waals surface area (Å²) in [5, 5.41) is 0.867. The Balaban J connectivity index is 2.12. The summed E-state index contributed by atoms with van der Waals surface area (Å²) in [7, 11) is 0. The highest BCUT2D eigenvalue weighted by Gasteiger charge is 2.21. The van der Waals surface area contributed by atoms with Crippen LogP contribution in [0.1, 0.15) is 43.7 Å². The van der Waals surface area contributed by atoms with Gasteiger partial charge in [-0.15, -0.1) is 0 Å². The summed E-state index contributed by atoms with van der Waals surface area (Å²) >= 11 is 3.54. The lowest BCUT2D eigenvalue weighted by Crippen LogP contribution is -2.24. The van der Waals surface area contributed by atoms with Crippen molar-refractivity contribution in [3.8, 4) is 5.75 Å². The smallest absolute Gasteiger partial charge is 0.126 e. The monoisotopic (exact) mass is 296 g/mol. The molecule has 1 aliphatic carbocycles. The van der Waals surface area contributed by atoms with Crippen LogP contribution in [0.2, 0.25) is 0 Å². The molecule has 1 saturated carbocycles. The van der Waals surface area contributed by atoms with Crippen LogP contribution in [-0.2, 0) is 5.33 Å². The number of ether oxygens (including phenoxy) is 1. The number of benzene rings is 1. The van der Waals surface area contributed by atoms with E-state index in [2.05, 4.69) is 48.0 Å². The molecule has 0 aliphatic heterocycles. The van der Waals surface area contributed by atoms with E-state index in [0.717, 1.165) is 17.0 Å². The molecule has 1 aromatic rings. The Labute approximate surface area is 113 Å². The normalized spacial score (nSPS) is 24.6. The first-order valence-electron chi connectivity index (χ1n) is 6.52. The lowest BCUT2D eigenvalue weighted by molar-refractivity contribution is 0.127. The number of rotatable bonds is 3. The highest BCUT2D eigenvalue weighted by molar-refractivity contribution is 9.08. The Morgan fingerprint density at radius 2 is 2.18 bits per heavy atom. The Hall–Kier alpha value is -0.500. The van der Waals surface area contributed by atoms with E-state index in [0.29, 0.717) is 6.10 Å². The second kappa shape index (κ2) is 5.90. The van der Waals surface area contributed by atoms with Gasteiger partial charge >= 0.3 is 0 Å². The predicted octanol–water partition coefficient (Wildman–Crippen LogP) is 4.85. The molecule has 0 heterocycles. The fourth-order valence-corrected chi connectivity index (χ4v) is 3.08. The molecule has 2 rings (SSSR count). The maximum atomic E-state index is 6.25. The molecule has 2 atom stereocenters. The summed E-state index contributed by atoms with van der Waals surface area (Å²) in [6.07, 6.45) is 5.49. The minimum Gasteiger partial charge on any atom is -0.490 e. The minimum atomic E-state index is 0.414. The van der Waals surface area contributed by atoms with E-state index in [1.807, 2.05) is 0 Å². The Bertz CT molecular complexity index is 375. The highest BCUT2D eigenvalue weighted by Crippen LogP contribution is 2.31. The van der Waals surface area contributed by atoms with Gasteiger partial charge in [0.25, 0.3) is 0 Å². The van der Waals surface area contributed by atoms with E-state index in [1.54, 1.807) is 0 Å². The molecule has 1 nitrogen and oxygen atoms in total. The molecule has 1 aromatic carbocycles. The first-order valence-corrected chi connectivity index (χ1v) is 7.64. The first kappa shape index (κ1) is 12.9. The lowest BCUT2D eigenvalue weighted by Gasteiger charge is -2.28. The Morgan fingerprint density at radius 3 is 2.88 bits per heavy atom. The second-order valence-electron chi connectivity index (χ2n) is 5.21. The van der Waals surface area contributed by atoms with Crippen molar-refractivity contribution in [3.63, 3.8) is 0 Å². The molecule has 2 unspecified atom stereocenters. The molecule has 0 aromatic heterocycles. The third-order valence-corrected chi connectivity index (χ3v) is 4.21. The van der Waals surface area contributed by atoms with Gasteiger partial charge in [-0.05, 0) is 37.7 Å². The third kappa shape index (κ3) is 3.25. The van der Waals surface area contributed by atoms with Crippen molar-refractivity contribution in [1.82, 2.24) is 0 Å². The number of para-hydroxylation sites is 1. The van der Waals surface area contributed by atoms with Gasteiger partial charge in [-0.3, -0.25) is 0 Å². The van der Waals surface area contributed by atoms with Crippen LogP contribution in [0.5, 0.6) is 5.75 Å². The fourth-order valence-electron chi connectivity index (χ4n) is 2.64. The third-order valence-electron chi connectivity index (χ3n) is 3.61. The average Bonchev–Trinajstić information content (AvgIpc) is 2.32. The highest BCUT2D eigenvalue weighted by atomic mass is 79.9. The van der Waals surface area contributed by atoms with Crippen molar-refractivity contribution in [3.05, 3.63) is 29.3 Å². The van der Waals surface area contributed by atoms with Crippen LogP contribution in [0.25, 0.3) is 0 Å². The Morgan fingerprint density at radius 1 is 1.35 bits per heavy atom. The summed E-state index contributed by atoms with van der Waals surface area (Å²) in [6, 6.07) is 6.37. The van der Waals surface area contributed by atoms with Crippen molar-refractivity contribution in [1.29, 1.82) is 0 Å². The maximum Gasteiger partial charge on any atom is 0.126 e. The van der Waals surface area contributed by atoms with E-state index >= 15 is 0 Å². The summed E-state index contributed by atoms with van der Waals surface area (Å²) in [4.78, 5) is 0. The molecule has 1 fully saturated rings. The van der Waals surface area contributed by atoms with Crippen molar-refractivity contribution >= 4 is 15.9 Å². The molecule has 0 amide bonds. The maximum absolute atomic E-state index is 6.25. The molecule has 1 aliphatic rings. The van der Waals surface area contributed by atoms with Crippen molar-refractivity contribution in [2.75, 3.05) is 0 Å². The largest absolute Gasteiger partial charge is 0.490 e. The van der Waals surface area contributed by atoms with Crippen LogP contribution in [0.15, 0.2) is 18.2 Å². The quantitative estimate of drug-likeness (QED) is 0.725. The zero-order chi connectivity index (χ0) is 12.3. The predicted molar refractivity (Wildman–Crippen MR) is 75.9 cm³/mol. The Kier molecular flexibility index (Phi) is 4.49. The van der Waals surface area contributed by atoms with Crippen molar-refractivity contribution < 1.29 is 4.74 Å². The number of halogens is 1. The molecular weight excluding hydrogens is 276 g/mol. The van der Waals surface area contributed by atoms with Gasteiger partial charge in [-0.1, -0.05) is 47.5 Å². The van der Waals surface area contributed by atoms with E-state index in [9.17, 15) is 0 Å². The second-order valence-corrected chi connectivity index (χ2v) is 5.77. The topological polar surface area (TPSA) is 9.23 Å². The summed E-state index contributed by atoms with van der Waals surface area (Å²) < 4.78 is 6.25. The van der Waals surface area contributed by atoms with Crippen LogP contribution in [0, 0.1) is 12.8 Å². The number of hydrogen-bond donors (Lipinski definition) is 0. The standard InChI is InChI=1S/C15H21BrO/c1-11-5-3-8-14(9-11)17-15-12(2)6-4-7-13(15)10-16/h4,6-7,11,14H,3,5,8-10H2,1-2H3. The molecule has 0 spiro atoms. The number of aryl methyl sites for hydroxylation is 1. The van der Waals surface area contributed by atoms with Crippen LogP contribution in [0.3, 0.4) is 0 Å². The van der Waals surface area contributed by atoms with Crippen LogP contribution < -0.4 is 4.74 Å². The molecule has 94 valence electrons. The molecule has 0 radical (unpaired) electrons. The van der Waals surface area contributed by atoms with Gasteiger partial charge in [-0.25, -0.2) is 0 Å². The van der Waals surface area contributed by atoms with Gasteiger partial charge in [0.05, 0.1) is 6.10 Å². The van der Waals surface area contributed by atoms with Crippen LogP contribution in [-0.4, -0.2) is 6.10 Å². The van der Waals surface area contributed by atoms with E-state index in [4.69, 9.17) is 4.74 Å². The number of alkyl halides is 1. The SMILES string of the molecule is Cc1cccc(CBr)c1OC1CCCC(C)C1. The summed E-state index contributed by atoms with van der Waals surface area (Å²) in [5.41, 5.74) is 2.52. The van der Waals surface area contributed by atoms with Gasteiger partial charge in [0.1, 0.15) is 5.75 Å². The van der Waals surface area contributed by atoms with E-state index in [1.165, 1.54) is 36.8 Å². The van der Waals surface area contributed by atoms with Gasteiger partial charge < -0.3 is 4.74 Å². The van der Waals surface area contributed by atoms with Gasteiger partial charge in [0, 0.05) is 10.9 Å². The molecular formula is C15H21BrO. The molecule has 0 saturated heterocycles. The van der Waals surface area contributed by atoms with Crippen LogP contribution in [0.4, 0.5) is 0 Å². The lowest BCUT2D eigenvalue weighted by atomic mass is 9.88. The fraction of sp³-hybridized carbons (Fsp3) is 0.600. The van der Waals surface area contributed by atoms with Crippen molar-refractivity contribution in [2.24, 2.45) is 5.92 Å². The van der Waals surface area contributed by atoms with E-state index in [-0.39, 0.29) is 0 Å². The molecule has 0 bridgehead atoms. The number of hydrogen-bond acceptors (Lipinski definition) is 1. The summed E-state index contributed by atoms with van der Waals surface area (Å²) in [6.45, 7) is 4.46. The molecule has 0 N–H and O–H groups in total. The zero-order valence-corrected chi connectivity index (χ0v) is 12.3. The van der Waals surface area contributed by atoms with Gasteiger partial charge in [0.2, 0.25) is 0 Å². The molecule has 17 heavy (non-hydrogen) atoms. The van der Waals surface area contributed by atoms with E-state index < -0.39 is 0 Å². The first-order chi connectivity index (χ1) is 8.20. The minimum absolute atomic E-state index is 0.414.